The summed E-state index contributed by atoms with van der Waals surface area (Å²) in [5.41, 5.74) is 1.60. The first-order valence-corrected chi connectivity index (χ1v) is 7.39. The Balaban J connectivity index is 2.13. The molecule has 2 rings (SSSR count). The fraction of sp³-hybridized carbons (Fsp3) is 0.714. The monoisotopic (exact) mass is 237 g/mol. The van der Waals surface area contributed by atoms with Crippen LogP contribution in [0.2, 0.25) is 0 Å². The van der Waals surface area contributed by atoms with Crippen molar-refractivity contribution < 1.29 is 0 Å². The summed E-state index contributed by atoms with van der Waals surface area (Å²) < 4.78 is 0. The molecule has 1 nitrogen and oxygen atoms in total. The molecule has 0 aliphatic heterocycles. The lowest BCUT2D eigenvalue weighted by atomic mass is 9.83. The minimum Gasteiger partial charge on any atom is -0.319 e. The number of aryl methyl sites for hydroxylation is 1. The second-order valence-electron chi connectivity index (χ2n) is 5.05. The van der Waals surface area contributed by atoms with Gasteiger partial charge in [0.25, 0.3) is 0 Å². The van der Waals surface area contributed by atoms with Crippen molar-refractivity contribution in [3.63, 3.8) is 0 Å². The summed E-state index contributed by atoms with van der Waals surface area (Å²) in [6.07, 6.45) is 7.06. The van der Waals surface area contributed by atoms with E-state index in [4.69, 9.17) is 0 Å². The van der Waals surface area contributed by atoms with E-state index >= 15 is 0 Å². The third-order valence-corrected chi connectivity index (χ3v) is 4.68. The van der Waals surface area contributed by atoms with Crippen LogP contribution in [0.25, 0.3) is 0 Å². The highest BCUT2D eigenvalue weighted by Crippen LogP contribution is 2.37. The molecule has 1 aromatic rings. The van der Waals surface area contributed by atoms with Crippen LogP contribution in [0.15, 0.2) is 11.4 Å². The average Bonchev–Trinajstić information content (AvgIpc) is 2.56. The fourth-order valence-corrected chi connectivity index (χ4v) is 3.76. The van der Waals surface area contributed by atoms with E-state index in [9.17, 15) is 0 Å². The molecule has 2 atom stereocenters. The third-order valence-electron chi connectivity index (χ3n) is 3.80. The molecule has 1 heterocycles. The zero-order chi connectivity index (χ0) is 11.4. The highest BCUT2D eigenvalue weighted by atomic mass is 32.1. The Morgan fingerprint density at radius 2 is 2.12 bits per heavy atom. The number of hydrogen-bond donors (Lipinski definition) is 1. The number of hydrogen-bond acceptors (Lipinski definition) is 2. The van der Waals surface area contributed by atoms with Crippen LogP contribution in [0.3, 0.4) is 0 Å². The molecule has 0 saturated heterocycles. The van der Waals surface area contributed by atoms with Gasteiger partial charge in [-0.2, -0.15) is 0 Å². The summed E-state index contributed by atoms with van der Waals surface area (Å²) in [4.78, 5) is 1.46. The van der Waals surface area contributed by atoms with Crippen LogP contribution in [0, 0.1) is 12.8 Å². The molecule has 0 spiro atoms. The van der Waals surface area contributed by atoms with Gasteiger partial charge in [0, 0.05) is 4.88 Å². The quantitative estimate of drug-likeness (QED) is 0.785. The van der Waals surface area contributed by atoms with Crippen LogP contribution in [0.1, 0.15) is 48.5 Å². The second-order valence-corrected chi connectivity index (χ2v) is 6.17. The number of thiophene rings is 1. The van der Waals surface area contributed by atoms with Crippen LogP contribution in [0.4, 0.5) is 0 Å². The average molecular weight is 237 g/mol. The first kappa shape index (κ1) is 12.1. The maximum atomic E-state index is 3.38. The van der Waals surface area contributed by atoms with Gasteiger partial charge in [0.05, 0.1) is 0 Å². The SMILES string of the molecule is CNCC1CCCCCC1c1csc(C)c1. The standard InChI is InChI=1S/C14H23NS/c1-11-8-13(10-16-11)14-7-5-3-4-6-12(14)9-15-2/h8,10,12,14-15H,3-7,9H2,1-2H3. The molecule has 0 bridgehead atoms. The molecular formula is C14H23NS. The highest BCUT2D eigenvalue weighted by molar-refractivity contribution is 7.10. The maximum Gasteiger partial charge on any atom is 0.00171 e. The minimum atomic E-state index is 0.805. The van der Waals surface area contributed by atoms with Gasteiger partial charge in [0.2, 0.25) is 0 Å². The zero-order valence-corrected chi connectivity index (χ0v) is 11.3. The summed E-state index contributed by atoms with van der Waals surface area (Å²) in [5, 5.41) is 5.76. The number of rotatable bonds is 3. The van der Waals surface area contributed by atoms with Gasteiger partial charge in [-0.1, -0.05) is 19.3 Å². The van der Waals surface area contributed by atoms with Gasteiger partial charge >= 0.3 is 0 Å². The lowest BCUT2D eigenvalue weighted by Crippen LogP contribution is -2.23. The molecule has 2 heteroatoms. The van der Waals surface area contributed by atoms with Crippen molar-refractivity contribution in [3.05, 3.63) is 21.9 Å². The van der Waals surface area contributed by atoms with Crippen LogP contribution >= 0.6 is 11.3 Å². The first-order valence-electron chi connectivity index (χ1n) is 6.51. The van der Waals surface area contributed by atoms with Crippen molar-refractivity contribution in [2.75, 3.05) is 13.6 Å². The molecule has 1 saturated carbocycles. The highest BCUT2D eigenvalue weighted by Gasteiger charge is 2.24. The van der Waals surface area contributed by atoms with E-state index in [2.05, 4.69) is 30.7 Å². The van der Waals surface area contributed by atoms with Crippen molar-refractivity contribution in [2.24, 2.45) is 5.92 Å². The van der Waals surface area contributed by atoms with Crippen molar-refractivity contribution in [3.8, 4) is 0 Å². The van der Waals surface area contributed by atoms with Gasteiger partial charge in [-0.05, 0) is 62.2 Å². The lowest BCUT2D eigenvalue weighted by Gasteiger charge is -2.24. The van der Waals surface area contributed by atoms with Crippen LogP contribution in [-0.2, 0) is 0 Å². The smallest absolute Gasteiger partial charge is 0.00171 e. The largest absolute Gasteiger partial charge is 0.319 e. The Hall–Kier alpha value is -0.340. The first-order chi connectivity index (χ1) is 7.81. The zero-order valence-electron chi connectivity index (χ0n) is 10.5. The predicted molar refractivity (Wildman–Crippen MR) is 72.3 cm³/mol. The van der Waals surface area contributed by atoms with Gasteiger partial charge in [-0.15, -0.1) is 11.3 Å². The van der Waals surface area contributed by atoms with Crippen molar-refractivity contribution in [1.82, 2.24) is 5.32 Å². The van der Waals surface area contributed by atoms with Crippen LogP contribution in [-0.4, -0.2) is 13.6 Å². The minimum absolute atomic E-state index is 0.805. The normalized spacial score (nSPS) is 26.6. The lowest BCUT2D eigenvalue weighted by molar-refractivity contribution is 0.386. The Morgan fingerprint density at radius 3 is 2.81 bits per heavy atom. The predicted octanol–water partition coefficient (Wildman–Crippen LogP) is 3.94. The van der Waals surface area contributed by atoms with E-state index in [1.807, 2.05) is 11.3 Å². The Bertz CT molecular complexity index is 318. The molecule has 90 valence electrons. The summed E-state index contributed by atoms with van der Waals surface area (Å²) in [7, 11) is 2.08. The molecule has 2 unspecified atom stereocenters. The molecule has 0 radical (unpaired) electrons. The second kappa shape index (κ2) is 5.83. The summed E-state index contributed by atoms with van der Waals surface area (Å²) >= 11 is 1.90. The molecule has 0 amide bonds. The van der Waals surface area contributed by atoms with E-state index in [0.29, 0.717) is 0 Å². The molecular weight excluding hydrogens is 214 g/mol. The van der Waals surface area contributed by atoms with Crippen molar-refractivity contribution >= 4 is 11.3 Å². The Kier molecular flexibility index (Phi) is 4.42. The summed E-state index contributed by atoms with van der Waals surface area (Å²) in [5.74, 6) is 1.65. The van der Waals surface area contributed by atoms with Gasteiger partial charge in [0.1, 0.15) is 0 Å². The third kappa shape index (κ3) is 2.86. The molecule has 1 aliphatic carbocycles. The van der Waals surface area contributed by atoms with Gasteiger partial charge < -0.3 is 5.32 Å². The van der Waals surface area contributed by atoms with Gasteiger partial charge in [0.15, 0.2) is 0 Å². The summed E-state index contributed by atoms with van der Waals surface area (Å²) in [6.45, 7) is 3.40. The molecule has 1 fully saturated rings. The number of nitrogens with one attached hydrogen (secondary N) is 1. The van der Waals surface area contributed by atoms with E-state index < -0.39 is 0 Å². The van der Waals surface area contributed by atoms with Crippen molar-refractivity contribution in [1.29, 1.82) is 0 Å². The fourth-order valence-electron chi connectivity index (χ4n) is 2.99. The van der Waals surface area contributed by atoms with E-state index in [0.717, 1.165) is 11.8 Å². The van der Waals surface area contributed by atoms with Gasteiger partial charge in [-0.25, -0.2) is 0 Å². The Labute approximate surface area is 103 Å². The van der Waals surface area contributed by atoms with E-state index in [-0.39, 0.29) is 0 Å². The topological polar surface area (TPSA) is 12.0 Å². The molecule has 1 aliphatic rings. The van der Waals surface area contributed by atoms with Crippen molar-refractivity contribution in [2.45, 2.75) is 44.9 Å². The van der Waals surface area contributed by atoms with Gasteiger partial charge in [-0.3, -0.25) is 0 Å². The molecule has 1 N–H and O–H groups in total. The molecule has 0 aromatic carbocycles. The van der Waals surface area contributed by atoms with E-state index in [1.165, 1.54) is 43.5 Å². The van der Waals surface area contributed by atoms with E-state index in [1.54, 1.807) is 5.56 Å². The Morgan fingerprint density at radius 1 is 1.31 bits per heavy atom. The summed E-state index contributed by atoms with van der Waals surface area (Å²) in [6, 6.07) is 2.41. The maximum absolute atomic E-state index is 3.38. The van der Waals surface area contributed by atoms with Crippen LogP contribution in [0.5, 0.6) is 0 Å². The molecule has 1 aromatic heterocycles. The van der Waals surface area contributed by atoms with Crippen LogP contribution < -0.4 is 5.32 Å². The molecule has 16 heavy (non-hydrogen) atoms.